The standard InChI is InChI=1S/C24H33F6N5S/c1-4-5-19(32-16-6-10-23(27,28)11-7-16)35-21(33-17-8-12-24(29,30)13-9-17)31-15(2)18-14-36-20(34-18)22(3,25)26/h5,14,16-17,32H,4,6-13H2,1-3H3,(H,33,35)/b19-5+,31-15+. The molecule has 2 aliphatic carbocycles. The van der Waals surface area contributed by atoms with E-state index in [0.29, 0.717) is 30.8 Å². The molecule has 3 rings (SSSR count). The fourth-order valence-electron chi connectivity index (χ4n) is 4.15. The van der Waals surface area contributed by atoms with E-state index < -0.39 is 17.8 Å². The van der Waals surface area contributed by atoms with Crippen molar-refractivity contribution in [2.75, 3.05) is 0 Å². The fraction of sp³-hybridized carbons (Fsp3) is 0.708. The van der Waals surface area contributed by atoms with Gasteiger partial charge in [-0.2, -0.15) is 13.8 Å². The number of thiazole rings is 1. The summed E-state index contributed by atoms with van der Waals surface area (Å²) in [5.74, 6) is -7.87. The molecule has 0 bridgehead atoms. The van der Waals surface area contributed by atoms with Crippen molar-refractivity contribution in [3.8, 4) is 0 Å². The summed E-state index contributed by atoms with van der Waals surface area (Å²) in [4.78, 5) is 13.0. The molecule has 2 saturated carbocycles. The van der Waals surface area contributed by atoms with E-state index in [9.17, 15) is 26.3 Å². The number of hydrogen-bond donors (Lipinski definition) is 2. The fourth-order valence-corrected chi connectivity index (χ4v) is 4.96. The highest BCUT2D eigenvalue weighted by molar-refractivity contribution is 7.10. The molecule has 202 valence electrons. The van der Waals surface area contributed by atoms with Crippen LogP contribution in [0.5, 0.6) is 0 Å². The van der Waals surface area contributed by atoms with Crippen molar-refractivity contribution in [2.24, 2.45) is 9.98 Å². The maximum absolute atomic E-state index is 13.6. The normalized spacial score (nSPS) is 22.5. The van der Waals surface area contributed by atoms with Crippen LogP contribution in [0.4, 0.5) is 26.3 Å². The minimum atomic E-state index is -3.08. The lowest BCUT2D eigenvalue weighted by molar-refractivity contribution is -0.0398. The lowest BCUT2D eigenvalue weighted by Crippen LogP contribution is -2.41. The van der Waals surface area contributed by atoms with Gasteiger partial charge in [-0.25, -0.2) is 27.5 Å². The average Bonchev–Trinajstić information content (AvgIpc) is 3.28. The maximum Gasteiger partial charge on any atom is 0.296 e. The number of hydrogen-bond acceptors (Lipinski definition) is 4. The van der Waals surface area contributed by atoms with E-state index in [1.165, 1.54) is 5.38 Å². The second-order valence-electron chi connectivity index (χ2n) is 9.61. The number of halogens is 6. The van der Waals surface area contributed by atoms with Crippen molar-refractivity contribution in [1.82, 2.24) is 15.6 Å². The Balaban J connectivity index is 1.84. The molecule has 0 saturated heterocycles. The molecule has 1 heterocycles. The van der Waals surface area contributed by atoms with E-state index in [0.717, 1.165) is 18.3 Å². The van der Waals surface area contributed by atoms with Gasteiger partial charge in [-0.15, -0.1) is 11.3 Å². The third-order valence-electron chi connectivity index (χ3n) is 6.27. The van der Waals surface area contributed by atoms with Gasteiger partial charge in [0.25, 0.3) is 5.92 Å². The second-order valence-corrected chi connectivity index (χ2v) is 10.5. The molecule has 0 aliphatic heterocycles. The zero-order chi connectivity index (χ0) is 26.6. The number of alkyl halides is 6. The summed E-state index contributed by atoms with van der Waals surface area (Å²) in [6.07, 6.45) is 2.51. The zero-order valence-electron chi connectivity index (χ0n) is 20.7. The molecule has 0 amide bonds. The molecular formula is C24H33F6N5S. The van der Waals surface area contributed by atoms with Crippen molar-refractivity contribution in [2.45, 2.75) is 108 Å². The SMILES string of the molecule is CC/C=C(/N=C(\N=C(/C)c1csc(C(C)(F)F)n1)NC1CCC(F)(F)CC1)NC1CCC(F)(F)CC1. The quantitative estimate of drug-likeness (QED) is 0.224. The number of nitrogens with one attached hydrogen (secondary N) is 2. The van der Waals surface area contributed by atoms with E-state index in [1.807, 2.05) is 6.92 Å². The summed E-state index contributed by atoms with van der Waals surface area (Å²) in [5.41, 5.74) is 0.604. The van der Waals surface area contributed by atoms with Gasteiger partial charge in [0, 0.05) is 50.1 Å². The monoisotopic (exact) mass is 537 g/mol. The first-order valence-electron chi connectivity index (χ1n) is 12.2. The molecular weight excluding hydrogens is 504 g/mol. The van der Waals surface area contributed by atoms with Crippen LogP contribution in [-0.4, -0.2) is 40.6 Å². The van der Waals surface area contributed by atoms with Crippen molar-refractivity contribution in [1.29, 1.82) is 0 Å². The number of allylic oxidation sites excluding steroid dienone is 1. The number of rotatable bonds is 7. The Morgan fingerprint density at radius 1 is 1.03 bits per heavy atom. The minimum absolute atomic E-state index is 0.133. The molecule has 12 heteroatoms. The van der Waals surface area contributed by atoms with Gasteiger partial charge in [0.1, 0.15) is 5.82 Å². The molecule has 1 aromatic rings. The molecule has 0 spiro atoms. The molecule has 0 atom stereocenters. The molecule has 5 nitrogen and oxygen atoms in total. The summed E-state index contributed by atoms with van der Waals surface area (Å²) in [5, 5.41) is 7.48. The Kier molecular flexibility index (Phi) is 9.11. The molecule has 2 N–H and O–H groups in total. The van der Waals surface area contributed by atoms with Gasteiger partial charge in [0.15, 0.2) is 5.01 Å². The summed E-state index contributed by atoms with van der Waals surface area (Å²) in [6, 6.07) is -0.471. The van der Waals surface area contributed by atoms with Crippen LogP contribution in [0.1, 0.15) is 89.3 Å². The maximum atomic E-state index is 13.6. The Labute approximate surface area is 211 Å². The first-order chi connectivity index (χ1) is 16.8. The van der Waals surface area contributed by atoms with E-state index in [2.05, 4.69) is 25.6 Å². The lowest BCUT2D eigenvalue weighted by atomic mass is 9.92. The van der Waals surface area contributed by atoms with Crippen LogP contribution in [-0.2, 0) is 5.92 Å². The van der Waals surface area contributed by atoms with Gasteiger partial charge < -0.3 is 10.6 Å². The smallest absolute Gasteiger partial charge is 0.296 e. The highest BCUT2D eigenvalue weighted by Gasteiger charge is 2.36. The van der Waals surface area contributed by atoms with E-state index in [1.54, 1.807) is 13.0 Å². The van der Waals surface area contributed by atoms with Crippen LogP contribution < -0.4 is 10.6 Å². The summed E-state index contributed by atoms with van der Waals surface area (Å²) in [7, 11) is 0. The minimum Gasteiger partial charge on any atom is -0.367 e. The van der Waals surface area contributed by atoms with Crippen LogP contribution in [0.25, 0.3) is 0 Å². The summed E-state index contributed by atoms with van der Waals surface area (Å²) >= 11 is 0.822. The average molecular weight is 538 g/mol. The Hall–Kier alpha value is -2.11. The molecule has 2 fully saturated rings. The third-order valence-corrected chi connectivity index (χ3v) is 7.28. The van der Waals surface area contributed by atoms with Gasteiger partial charge in [-0.3, -0.25) is 0 Å². The summed E-state index contributed by atoms with van der Waals surface area (Å²) in [6.45, 7) is 4.28. The van der Waals surface area contributed by atoms with Gasteiger partial charge in [0.2, 0.25) is 17.8 Å². The number of aliphatic imine (C=N–C) groups is 2. The second kappa shape index (κ2) is 11.5. The third kappa shape index (κ3) is 8.48. The van der Waals surface area contributed by atoms with Gasteiger partial charge in [-0.05, 0) is 45.1 Å². The largest absolute Gasteiger partial charge is 0.367 e. The van der Waals surface area contributed by atoms with Gasteiger partial charge >= 0.3 is 0 Å². The van der Waals surface area contributed by atoms with Gasteiger partial charge in [-0.1, -0.05) is 6.92 Å². The van der Waals surface area contributed by atoms with Crippen LogP contribution in [0.2, 0.25) is 0 Å². The molecule has 2 aliphatic rings. The molecule has 36 heavy (non-hydrogen) atoms. The van der Waals surface area contributed by atoms with Crippen LogP contribution in [0.15, 0.2) is 27.3 Å². The first kappa shape index (κ1) is 28.5. The van der Waals surface area contributed by atoms with Crippen LogP contribution in [0, 0.1) is 0 Å². The van der Waals surface area contributed by atoms with Crippen molar-refractivity contribution >= 4 is 23.0 Å². The Morgan fingerprint density at radius 2 is 1.56 bits per heavy atom. The van der Waals surface area contributed by atoms with E-state index in [4.69, 9.17) is 0 Å². The lowest BCUT2D eigenvalue weighted by Gasteiger charge is -2.30. The topological polar surface area (TPSA) is 61.7 Å². The Morgan fingerprint density at radius 3 is 2.03 bits per heavy atom. The highest BCUT2D eigenvalue weighted by Crippen LogP contribution is 2.34. The van der Waals surface area contributed by atoms with Crippen molar-refractivity contribution < 1.29 is 26.3 Å². The van der Waals surface area contributed by atoms with Crippen molar-refractivity contribution in [3.05, 3.63) is 28.0 Å². The molecule has 1 aromatic heterocycles. The molecule has 0 aromatic carbocycles. The van der Waals surface area contributed by atoms with Crippen molar-refractivity contribution in [3.63, 3.8) is 0 Å². The predicted molar refractivity (Wildman–Crippen MR) is 130 cm³/mol. The first-order valence-corrected chi connectivity index (χ1v) is 13.1. The summed E-state index contributed by atoms with van der Waals surface area (Å²) < 4.78 is 81.7. The number of nitrogens with zero attached hydrogens (tertiary/aromatic N) is 3. The zero-order valence-corrected chi connectivity index (χ0v) is 21.5. The number of guanidine groups is 1. The highest BCUT2D eigenvalue weighted by atomic mass is 32.1. The van der Waals surface area contributed by atoms with Gasteiger partial charge in [0.05, 0.1) is 11.4 Å². The van der Waals surface area contributed by atoms with Crippen LogP contribution >= 0.6 is 11.3 Å². The van der Waals surface area contributed by atoms with Crippen LogP contribution in [0.3, 0.4) is 0 Å². The number of aromatic nitrogens is 1. The molecule has 0 unspecified atom stereocenters. The van der Waals surface area contributed by atoms with E-state index >= 15 is 0 Å². The molecule has 0 radical (unpaired) electrons. The van der Waals surface area contributed by atoms with E-state index in [-0.39, 0.29) is 67.3 Å². The predicted octanol–water partition coefficient (Wildman–Crippen LogP) is 7.01. The Bertz CT molecular complexity index is 962.